The number of fused-ring (bicyclic) bond motifs is 1. The molecule has 1 heterocycles. The fourth-order valence-corrected chi connectivity index (χ4v) is 1.67. The van der Waals surface area contributed by atoms with E-state index in [1.807, 2.05) is 6.07 Å². The predicted molar refractivity (Wildman–Crippen MR) is 57.3 cm³/mol. The van der Waals surface area contributed by atoms with Crippen LogP contribution in [0.1, 0.15) is 5.56 Å². The van der Waals surface area contributed by atoms with E-state index in [1.165, 1.54) is 0 Å². The van der Waals surface area contributed by atoms with Gasteiger partial charge in [0.2, 0.25) is 6.79 Å². The summed E-state index contributed by atoms with van der Waals surface area (Å²) in [6.07, 6.45) is 0. The molecule has 0 aliphatic carbocycles. The van der Waals surface area contributed by atoms with Crippen LogP contribution in [0.5, 0.6) is 11.5 Å². The van der Waals surface area contributed by atoms with Crippen molar-refractivity contribution in [3.8, 4) is 11.5 Å². The van der Waals surface area contributed by atoms with E-state index in [2.05, 4.69) is 6.58 Å². The number of ether oxygens (including phenoxy) is 2. The van der Waals surface area contributed by atoms with Crippen molar-refractivity contribution in [2.75, 3.05) is 12.7 Å². The van der Waals surface area contributed by atoms with Crippen molar-refractivity contribution < 1.29 is 9.47 Å². The van der Waals surface area contributed by atoms with Gasteiger partial charge in [0.25, 0.3) is 0 Å². The van der Waals surface area contributed by atoms with E-state index in [9.17, 15) is 0 Å². The van der Waals surface area contributed by atoms with Gasteiger partial charge in [-0.25, -0.2) is 0 Å². The topological polar surface area (TPSA) is 18.5 Å². The molecule has 0 saturated carbocycles. The summed E-state index contributed by atoms with van der Waals surface area (Å²) in [6, 6.07) is 3.61. The summed E-state index contributed by atoms with van der Waals surface area (Å²) in [4.78, 5) is 0. The van der Waals surface area contributed by atoms with E-state index in [1.54, 1.807) is 6.07 Å². The summed E-state index contributed by atoms with van der Waals surface area (Å²) in [5.41, 5.74) is 1.70. The first-order valence-electron chi connectivity index (χ1n) is 4.05. The highest BCUT2D eigenvalue weighted by Gasteiger charge is 2.18. The van der Waals surface area contributed by atoms with Crippen molar-refractivity contribution >= 4 is 28.8 Å². The van der Waals surface area contributed by atoms with Crippen LogP contribution in [-0.2, 0) is 0 Å². The molecule has 0 radical (unpaired) electrons. The van der Waals surface area contributed by atoms with Crippen LogP contribution in [0.15, 0.2) is 18.7 Å². The molecule has 0 atom stereocenters. The summed E-state index contributed by atoms with van der Waals surface area (Å²) in [5, 5.41) is 0.529. The minimum absolute atomic E-state index is 0.214. The van der Waals surface area contributed by atoms with Gasteiger partial charge in [0.05, 0.1) is 5.02 Å². The van der Waals surface area contributed by atoms with E-state index < -0.39 is 0 Å². The Morgan fingerprint density at radius 3 is 2.93 bits per heavy atom. The number of rotatable bonds is 2. The van der Waals surface area contributed by atoms with Crippen LogP contribution >= 0.6 is 23.2 Å². The first kappa shape index (κ1) is 9.69. The minimum Gasteiger partial charge on any atom is -0.454 e. The van der Waals surface area contributed by atoms with Gasteiger partial charge in [-0.15, -0.1) is 11.6 Å². The lowest BCUT2D eigenvalue weighted by atomic mass is 10.1. The van der Waals surface area contributed by atoms with E-state index >= 15 is 0 Å². The van der Waals surface area contributed by atoms with Crippen molar-refractivity contribution in [1.82, 2.24) is 0 Å². The Balaban J connectivity index is 2.46. The Bertz CT molecular complexity index is 388. The van der Waals surface area contributed by atoms with Crippen LogP contribution in [0.3, 0.4) is 0 Å². The lowest BCUT2D eigenvalue weighted by Gasteiger charge is -2.05. The largest absolute Gasteiger partial charge is 0.454 e. The highest BCUT2D eigenvalue weighted by atomic mass is 35.5. The standard InChI is InChI=1S/C10H8Cl2O2/c1-6(4-11)7-2-8(12)10-9(3-7)13-5-14-10/h2-3H,1,4-5H2. The highest BCUT2D eigenvalue weighted by Crippen LogP contribution is 2.41. The third kappa shape index (κ3) is 1.56. The third-order valence-corrected chi connectivity index (χ3v) is 2.60. The molecular formula is C10H8Cl2O2. The Labute approximate surface area is 92.0 Å². The van der Waals surface area contributed by atoms with Crippen LogP contribution in [-0.4, -0.2) is 12.7 Å². The van der Waals surface area contributed by atoms with Gasteiger partial charge in [-0.1, -0.05) is 18.2 Å². The zero-order chi connectivity index (χ0) is 10.1. The molecule has 0 amide bonds. The molecule has 14 heavy (non-hydrogen) atoms. The summed E-state index contributed by atoms with van der Waals surface area (Å²) in [6.45, 7) is 4.04. The molecule has 4 heteroatoms. The van der Waals surface area contributed by atoms with Crippen molar-refractivity contribution in [2.45, 2.75) is 0 Å². The van der Waals surface area contributed by atoms with Crippen molar-refractivity contribution in [1.29, 1.82) is 0 Å². The van der Waals surface area contributed by atoms with Gasteiger partial charge in [-0.3, -0.25) is 0 Å². The normalized spacial score (nSPS) is 13.0. The van der Waals surface area contributed by atoms with E-state index in [-0.39, 0.29) is 6.79 Å². The average Bonchev–Trinajstić information content (AvgIpc) is 2.64. The monoisotopic (exact) mass is 230 g/mol. The van der Waals surface area contributed by atoms with Gasteiger partial charge in [0.15, 0.2) is 11.5 Å². The molecule has 2 nitrogen and oxygen atoms in total. The smallest absolute Gasteiger partial charge is 0.231 e. The maximum Gasteiger partial charge on any atom is 0.231 e. The molecular weight excluding hydrogens is 223 g/mol. The summed E-state index contributed by atoms with van der Waals surface area (Å²) in [7, 11) is 0. The quantitative estimate of drug-likeness (QED) is 0.727. The van der Waals surface area contributed by atoms with Crippen LogP contribution < -0.4 is 9.47 Å². The third-order valence-electron chi connectivity index (χ3n) is 2.00. The maximum atomic E-state index is 5.99. The molecule has 74 valence electrons. The molecule has 0 bridgehead atoms. The molecule has 2 rings (SSSR count). The van der Waals surface area contributed by atoms with E-state index in [0.29, 0.717) is 22.4 Å². The summed E-state index contributed by atoms with van der Waals surface area (Å²) in [5.74, 6) is 1.62. The summed E-state index contributed by atoms with van der Waals surface area (Å²) < 4.78 is 10.4. The lowest BCUT2D eigenvalue weighted by Crippen LogP contribution is -1.93. The second-order valence-electron chi connectivity index (χ2n) is 2.93. The minimum atomic E-state index is 0.214. The maximum absolute atomic E-state index is 5.99. The molecule has 0 N–H and O–H groups in total. The molecule has 1 aromatic carbocycles. The predicted octanol–water partition coefficient (Wildman–Crippen LogP) is 3.32. The average molecular weight is 231 g/mol. The Morgan fingerprint density at radius 1 is 1.43 bits per heavy atom. The molecule has 1 aromatic rings. The number of benzene rings is 1. The van der Waals surface area contributed by atoms with Crippen molar-refractivity contribution in [3.63, 3.8) is 0 Å². The van der Waals surface area contributed by atoms with Gasteiger partial charge in [-0.2, -0.15) is 0 Å². The van der Waals surface area contributed by atoms with Crippen molar-refractivity contribution in [2.24, 2.45) is 0 Å². The zero-order valence-corrected chi connectivity index (χ0v) is 8.86. The molecule has 0 spiro atoms. The Kier molecular flexibility index (Phi) is 2.57. The Morgan fingerprint density at radius 2 is 2.21 bits per heavy atom. The first-order chi connectivity index (χ1) is 6.72. The number of halogens is 2. The fraction of sp³-hybridized carbons (Fsp3) is 0.200. The highest BCUT2D eigenvalue weighted by molar-refractivity contribution is 6.32. The zero-order valence-electron chi connectivity index (χ0n) is 7.35. The van der Waals surface area contributed by atoms with Crippen LogP contribution in [0.4, 0.5) is 0 Å². The SMILES string of the molecule is C=C(CCl)c1cc(Cl)c2c(c1)OCO2. The molecule has 0 aromatic heterocycles. The van der Waals surface area contributed by atoms with Gasteiger partial charge >= 0.3 is 0 Å². The van der Waals surface area contributed by atoms with Gasteiger partial charge in [0, 0.05) is 5.88 Å². The van der Waals surface area contributed by atoms with Crippen molar-refractivity contribution in [3.05, 3.63) is 29.3 Å². The summed E-state index contributed by atoms with van der Waals surface area (Å²) >= 11 is 11.7. The van der Waals surface area contributed by atoms with Gasteiger partial charge in [0.1, 0.15) is 0 Å². The van der Waals surface area contributed by atoms with Gasteiger partial charge in [-0.05, 0) is 23.3 Å². The fourth-order valence-electron chi connectivity index (χ4n) is 1.25. The molecule has 1 aliphatic rings. The number of allylic oxidation sites excluding steroid dienone is 1. The number of alkyl halides is 1. The lowest BCUT2D eigenvalue weighted by molar-refractivity contribution is 0.174. The number of hydrogen-bond donors (Lipinski definition) is 0. The van der Waals surface area contributed by atoms with Crippen LogP contribution in [0.25, 0.3) is 5.57 Å². The van der Waals surface area contributed by atoms with Gasteiger partial charge < -0.3 is 9.47 Å². The number of hydrogen-bond acceptors (Lipinski definition) is 2. The Hall–Kier alpha value is -0.860. The second-order valence-corrected chi connectivity index (χ2v) is 3.60. The molecule has 0 unspecified atom stereocenters. The molecule has 0 saturated heterocycles. The molecule has 1 aliphatic heterocycles. The van der Waals surface area contributed by atoms with E-state index in [0.717, 1.165) is 11.1 Å². The molecule has 0 fully saturated rings. The first-order valence-corrected chi connectivity index (χ1v) is 4.97. The van der Waals surface area contributed by atoms with E-state index in [4.69, 9.17) is 32.7 Å². The van der Waals surface area contributed by atoms with Crippen LogP contribution in [0.2, 0.25) is 5.02 Å². The second kappa shape index (κ2) is 3.71. The van der Waals surface area contributed by atoms with Crippen LogP contribution in [0, 0.1) is 0 Å².